The van der Waals surface area contributed by atoms with Crippen molar-refractivity contribution in [3.8, 4) is 0 Å². The summed E-state index contributed by atoms with van der Waals surface area (Å²) in [4.78, 5) is 11.1. The predicted octanol–water partition coefficient (Wildman–Crippen LogP) is 3.08. The molecule has 138 valence electrons. The molecule has 0 radical (unpaired) electrons. The molecule has 0 aromatic carbocycles. The Hall–Kier alpha value is -1.18. The van der Waals surface area contributed by atoms with Crippen LogP contribution in [-0.4, -0.2) is 47.4 Å². The molecule has 25 heavy (non-hydrogen) atoms. The maximum atomic E-state index is 6.20. The first-order chi connectivity index (χ1) is 12.0. The number of thiocarbonyl (C=S) groups is 1. The lowest BCUT2D eigenvalue weighted by atomic mass is 9.92. The van der Waals surface area contributed by atoms with Crippen molar-refractivity contribution in [3.05, 3.63) is 11.2 Å². The summed E-state index contributed by atoms with van der Waals surface area (Å²) in [6.45, 7) is 8.04. The Balaban J connectivity index is 1.61. The molecule has 0 unspecified atom stereocenters. The van der Waals surface area contributed by atoms with Crippen LogP contribution in [0.1, 0.15) is 33.1 Å². The Labute approximate surface area is 159 Å². The van der Waals surface area contributed by atoms with Gasteiger partial charge in [0.25, 0.3) is 0 Å². The molecule has 0 amide bonds. The van der Waals surface area contributed by atoms with E-state index in [1.165, 1.54) is 6.42 Å². The second-order valence-corrected chi connectivity index (χ2v) is 7.99. The molecule has 0 aliphatic carbocycles. The molecule has 2 aliphatic heterocycles. The summed E-state index contributed by atoms with van der Waals surface area (Å²) in [5.41, 5.74) is 0. The first-order valence-corrected chi connectivity index (χ1v) is 9.74. The number of halogens is 1. The maximum Gasteiger partial charge on any atom is 0.232 e. The topological polar surface area (TPSA) is 62.3 Å². The predicted molar refractivity (Wildman–Crippen MR) is 105 cm³/mol. The molecule has 6 nitrogen and oxygen atoms in total. The summed E-state index contributed by atoms with van der Waals surface area (Å²) in [5.74, 6) is 2.56. The summed E-state index contributed by atoms with van der Waals surface area (Å²) in [7, 11) is 0. The Morgan fingerprint density at radius 2 is 2.12 bits per heavy atom. The molecule has 2 aliphatic rings. The summed E-state index contributed by atoms with van der Waals surface area (Å²) < 4.78 is 5.58. The molecule has 1 aromatic rings. The van der Waals surface area contributed by atoms with Crippen LogP contribution in [0.3, 0.4) is 0 Å². The summed E-state index contributed by atoms with van der Waals surface area (Å²) in [6.07, 6.45) is 3.66. The fraction of sp³-hybridized carbons (Fsp3) is 0.706. The van der Waals surface area contributed by atoms with Crippen LogP contribution in [0.25, 0.3) is 0 Å². The Kier molecular flexibility index (Phi) is 6.30. The monoisotopic (exact) mass is 383 g/mol. The largest absolute Gasteiger partial charge is 0.376 e. The smallest absolute Gasteiger partial charge is 0.232 e. The van der Waals surface area contributed by atoms with Gasteiger partial charge in [0.05, 0.1) is 6.10 Å². The Bertz CT molecular complexity index is 601. The van der Waals surface area contributed by atoms with E-state index in [0.717, 1.165) is 38.4 Å². The highest BCUT2D eigenvalue weighted by molar-refractivity contribution is 7.80. The average Bonchev–Trinajstić information content (AvgIpc) is 3.05. The van der Waals surface area contributed by atoms with Gasteiger partial charge in [-0.2, -0.15) is 4.98 Å². The second kappa shape index (κ2) is 8.47. The van der Waals surface area contributed by atoms with Crippen LogP contribution >= 0.6 is 23.8 Å². The molecule has 2 N–H and O–H groups in total. The minimum absolute atomic E-state index is 0.229. The van der Waals surface area contributed by atoms with Gasteiger partial charge in [-0.3, -0.25) is 0 Å². The van der Waals surface area contributed by atoms with Crippen molar-refractivity contribution in [2.45, 2.75) is 39.2 Å². The number of anilines is 2. The van der Waals surface area contributed by atoms with E-state index >= 15 is 0 Å². The van der Waals surface area contributed by atoms with E-state index < -0.39 is 0 Å². The third-order valence-corrected chi connectivity index (χ3v) is 5.05. The SMILES string of the molecule is C[C@@H]1C[C@H](C)CN(c2cc(Cl)nc(NC(=S)NC[C@H]3CCCO3)n2)C1. The third-order valence-electron chi connectivity index (χ3n) is 4.61. The molecule has 2 fully saturated rings. The molecule has 8 heteroatoms. The first kappa shape index (κ1) is 18.6. The van der Waals surface area contributed by atoms with Gasteiger partial charge in [0.15, 0.2) is 5.11 Å². The summed E-state index contributed by atoms with van der Waals surface area (Å²) in [5, 5.41) is 7.11. The number of piperidine rings is 1. The van der Waals surface area contributed by atoms with Gasteiger partial charge < -0.3 is 20.3 Å². The molecular weight excluding hydrogens is 358 g/mol. The van der Waals surface area contributed by atoms with Crippen LogP contribution in [0.5, 0.6) is 0 Å². The van der Waals surface area contributed by atoms with E-state index in [1.807, 2.05) is 6.07 Å². The van der Waals surface area contributed by atoms with Crippen molar-refractivity contribution in [1.82, 2.24) is 15.3 Å². The van der Waals surface area contributed by atoms with E-state index in [9.17, 15) is 0 Å². The van der Waals surface area contributed by atoms with Crippen molar-refractivity contribution < 1.29 is 4.74 Å². The van der Waals surface area contributed by atoms with E-state index in [0.29, 0.717) is 34.6 Å². The van der Waals surface area contributed by atoms with Crippen LogP contribution in [0, 0.1) is 11.8 Å². The van der Waals surface area contributed by atoms with Crippen molar-refractivity contribution in [3.63, 3.8) is 0 Å². The molecule has 2 saturated heterocycles. The van der Waals surface area contributed by atoms with Crippen molar-refractivity contribution in [2.24, 2.45) is 11.8 Å². The average molecular weight is 384 g/mol. The van der Waals surface area contributed by atoms with Gasteiger partial charge in [-0.05, 0) is 43.3 Å². The van der Waals surface area contributed by atoms with Gasteiger partial charge in [-0.1, -0.05) is 25.4 Å². The van der Waals surface area contributed by atoms with Crippen molar-refractivity contribution in [1.29, 1.82) is 0 Å². The number of aromatic nitrogens is 2. The van der Waals surface area contributed by atoms with E-state index in [1.54, 1.807) is 0 Å². The molecular formula is C17H26ClN5OS. The molecule has 1 aromatic heterocycles. The van der Waals surface area contributed by atoms with Crippen LogP contribution < -0.4 is 15.5 Å². The maximum absolute atomic E-state index is 6.20. The standard InChI is InChI=1S/C17H26ClN5OS/c1-11-6-12(2)10-23(9-11)15-7-14(18)20-16(21-15)22-17(25)19-8-13-4-3-5-24-13/h7,11-13H,3-6,8-10H2,1-2H3,(H2,19,20,21,22,25)/t11-,12+,13-/m1/s1. The van der Waals surface area contributed by atoms with Crippen molar-refractivity contribution >= 4 is 40.7 Å². The van der Waals surface area contributed by atoms with Crippen LogP contribution in [0.4, 0.5) is 11.8 Å². The summed E-state index contributed by atoms with van der Waals surface area (Å²) >= 11 is 11.5. The van der Waals surface area contributed by atoms with E-state index in [-0.39, 0.29) is 6.10 Å². The van der Waals surface area contributed by atoms with Gasteiger partial charge in [0.1, 0.15) is 11.0 Å². The molecule has 3 heterocycles. The minimum atomic E-state index is 0.229. The van der Waals surface area contributed by atoms with Crippen LogP contribution in [0.15, 0.2) is 6.07 Å². The lowest BCUT2D eigenvalue weighted by Crippen LogP contribution is -2.39. The second-order valence-electron chi connectivity index (χ2n) is 7.19. The van der Waals surface area contributed by atoms with Gasteiger partial charge >= 0.3 is 0 Å². The molecule has 0 bridgehead atoms. The summed E-state index contributed by atoms with van der Waals surface area (Å²) in [6, 6.07) is 1.82. The highest BCUT2D eigenvalue weighted by Crippen LogP contribution is 2.27. The Morgan fingerprint density at radius 1 is 1.36 bits per heavy atom. The first-order valence-electron chi connectivity index (χ1n) is 8.95. The zero-order chi connectivity index (χ0) is 17.8. The van der Waals surface area contributed by atoms with E-state index in [2.05, 4.69) is 39.3 Å². The molecule has 3 rings (SSSR count). The number of hydrogen-bond acceptors (Lipinski definition) is 5. The zero-order valence-electron chi connectivity index (χ0n) is 14.8. The minimum Gasteiger partial charge on any atom is -0.376 e. The van der Waals surface area contributed by atoms with E-state index in [4.69, 9.17) is 28.6 Å². The number of rotatable bonds is 4. The van der Waals surface area contributed by atoms with Gasteiger partial charge in [0.2, 0.25) is 5.95 Å². The number of hydrogen-bond donors (Lipinski definition) is 2. The molecule has 0 saturated carbocycles. The Morgan fingerprint density at radius 3 is 2.80 bits per heavy atom. The van der Waals surface area contributed by atoms with Crippen molar-refractivity contribution in [2.75, 3.05) is 36.5 Å². The molecule has 3 atom stereocenters. The van der Waals surface area contributed by atoms with Gasteiger partial charge in [0, 0.05) is 32.3 Å². The van der Waals surface area contributed by atoms with Gasteiger partial charge in [-0.15, -0.1) is 0 Å². The lowest BCUT2D eigenvalue weighted by molar-refractivity contribution is 0.114. The third kappa shape index (κ3) is 5.39. The number of nitrogens with zero attached hydrogens (tertiary/aromatic N) is 3. The molecule has 0 spiro atoms. The fourth-order valence-corrected chi connectivity index (χ4v) is 3.98. The highest BCUT2D eigenvalue weighted by atomic mass is 35.5. The fourth-order valence-electron chi connectivity index (χ4n) is 3.63. The lowest BCUT2D eigenvalue weighted by Gasteiger charge is -2.35. The van der Waals surface area contributed by atoms with Gasteiger partial charge in [-0.25, -0.2) is 4.98 Å². The van der Waals surface area contributed by atoms with Crippen LogP contribution in [-0.2, 0) is 4.74 Å². The number of ether oxygens (including phenoxy) is 1. The zero-order valence-corrected chi connectivity index (χ0v) is 16.4. The highest BCUT2D eigenvalue weighted by Gasteiger charge is 2.23. The van der Waals surface area contributed by atoms with Crippen LogP contribution in [0.2, 0.25) is 5.15 Å². The number of nitrogens with one attached hydrogen (secondary N) is 2. The quantitative estimate of drug-likeness (QED) is 0.611. The normalized spacial score (nSPS) is 26.5.